The van der Waals surface area contributed by atoms with Crippen LogP contribution in [0.3, 0.4) is 0 Å². The highest BCUT2D eigenvalue weighted by molar-refractivity contribution is 7.15. The van der Waals surface area contributed by atoms with Crippen molar-refractivity contribution >= 4 is 45.6 Å². The van der Waals surface area contributed by atoms with Crippen molar-refractivity contribution in [2.75, 3.05) is 5.32 Å². The van der Waals surface area contributed by atoms with Crippen LogP contribution in [0.2, 0.25) is 10.0 Å². The minimum absolute atomic E-state index is 0.268. The molecule has 33 heavy (non-hydrogen) atoms. The van der Waals surface area contributed by atoms with Crippen LogP contribution in [0.25, 0.3) is 11.3 Å². The Morgan fingerprint density at radius 3 is 2.64 bits per heavy atom. The molecule has 2 aromatic heterocycles. The number of aromatic nitrogens is 1. The summed E-state index contributed by atoms with van der Waals surface area (Å²) in [6.07, 6.45) is -2.60. The number of nitrogens with one attached hydrogen (secondary N) is 1. The lowest BCUT2D eigenvalue weighted by Gasteiger charge is -2.07. The Morgan fingerprint density at radius 2 is 1.91 bits per heavy atom. The maximum absolute atomic E-state index is 12.9. The predicted octanol–water partition coefficient (Wildman–Crippen LogP) is 7.88. The third kappa shape index (κ3) is 5.40. The lowest BCUT2D eigenvalue weighted by molar-refractivity contribution is -0.137. The molecule has 4 aromatic rings. The Labute approximate surface area is 201 Å². The van der Waals surface area contributed by atoms with E-state index >= 15 is 0 Å². The zero-order valence-corrected chi connectivity index (χ0v) is 19.3. The molecule has 10 heteroatoms. The maximum atomic E-state index is 12.9. The summed E-state index contributed by atoms with van der Waals surface area (Å²) in [4.78, 5) is 17.6. The molecular formula is C23H15Cl2F3N2O2S. The van der Waals surface area contributed by atoms with Gasteiger partial charge < -0.3 is 4.42 Å². The average Bonchev–Trinajstić information content (AvgIpc) is 3.36. The fraction of sp³-hybridized carbons (Fsp3) is 0.130. The highest BCUT2D eigenvalue weighted by Crippen LogP contribution is 2.32. The summed E-state index contributed by atoms with van der Waals surface area (Å²) in [5.74, 6) is 0.456. The third-order valence-electron chi connectivity index (χ3n) is 4.77. The van der Waals surface area contributed by atoms with Gasteiger partial charge in [0.25, 0.3) is 5.91 Å². The van der Waals surface area contributed by atoms with Gasteiger partial charge in [0.1, 0.15) is 11.5 Å². The number of halogens is 5. The molecule has 0 fully saturated rings. The number of hydrogen-bond donors (Lipinski definition) is 1. The lowest BCUT2D eigenvalue weighted by atomic mass is 10.1. The van der Waals surface area contributed by atoms with Gasteiger partial charge in [-0.3, -0.25) is 10.1 Å². The molecule has 0 aliphatic rings. The molecule has 0 bridgehead atoms. The Balaban J connectivity index is 1.47. The van der Waals surface area contributed by atoms with Crippen molar-refractivity contribution in [3.05, 3.63) is 92.1 Å². The minimum Gasteiger partial charge on any atom is -0.461 e. The molecule has 0 unspecified atom stereocenters. The second kappa shape index (κ2) is 9.21. The number of amides is 1. The van der Waals surface area contributed by atoms with E-state index in [-0.39, 0.29) is 6.42 Å². The molecular weight excluding hydrogens is 496 g/mol. The summed E-state index contributed by atoms with van der Waals surface area (Å²) in [7, 11) is 0. The number of thiazole rings is 1. The van der Waals surface area contributed by atoms with Gasteiger partial charge in [-0.25, -0.2) is 4.98 Å². The van der Waals surface area contributed by atoms with E-state index in [1.807, 2.05) is 0 Å². The van der Waals surface area contributed by atoms with Crippen LogP contribution in [0.5, 0.6) is 0 Å². The second-order valence-electron chi connectivity index (χ2n) is 7.17. The maximum Gasteiger partial charge on any atom is 0.416 e. The minimum atomic E-state index is -4.40. The molecule has 0 aliphatic carbocycles. The van der Waals surface area contributed by atoms with E-state index < -0.39 is 17.6 Å². The average molecular weight is 511 g/mol. The third-order valence-corrected chi connectivity index (χ3v) is 6.42. The summed E-state index contributed by atoms with van der Waals surface area (Å²) >= 11 is 13.2. The molecule has 170 valence electrons. The molecule has 0 saturated heterocycles. The van der Waals surface area contributed by atoms with Gasteiger partial charge in [-0.15, -0.1) is 11.3 Å². The Kier molecular flexibility index (Phi) is 6.52. The van der Waals surface area contributed by atoms with Crippen LogP contribution in [-0.2, 0) is 12.6 Å². The first-order chi connectivity index (χ1) is 15.6. The normalized spacial score (nSPS) is 11.6. The molecule has 4 nitrogen and oxygen atoms in total. The van der Waals surface area contributed by atoms with E-state index in [9.17, 15) is 18.0 Å². The van der Waals surface area contributed by atoms with Crippen molar-refractivity contribution in [3.63, 3.8) is 0 Å². The van der Waals surface area contributed by atoms with Gasteiger partial charge in [-0.2, -0.15) is 13.2 Å². The molecule has 0 saturated carbocycles. The van der Waals surface area contributed by atoms with E-state index in [4.69, 9.17) is 27.6 Å². The van der Waals surface area contributed by atoms with Crippen molar-refractivity contribution in [1.29, 1.82) is 0 Å². The van der Waals surface area contributed by atoms with E-state index in [2.05, 4.69) is 10.3 Å². The molecule has 2 heterocycles. The van der Waals surface area contributed by atoms with Crippen LogP contribution in [0.15, 0.2) is 59.1 Å². The first-order valence-electron chi connectivity index (χ1n) is 9.58. The number of nitrogens with zero attached hydrogens (tertiary/aromatic N) is 1. The Hall–Kier alpha value is -2.81. The number of carbonyl (C=O) groups is 1. The summed E-state index contributed by atoms with van der Waals surface area (Å²) in [6.45, 7) is 1.66. The van der Waals surface area contributed by atoms with Gasteiger partial charge in [0, 0.05) is 23.1 Å². The fourth-order valence-electron chi connectivity index (χ4n) is 3.17. The summed E-state index contributed by atoms with van der Waals surface area (Å²) in [6, 6.07) is 11.7. The highest BCUT2D eigenvalue weighted by atomic mass is 35.5. The largest absolute Gasteiger partial charge is 0.461 e. The Bertz CT molecular complexity index is 1330. The van der Waals surface area contributed by atoms with Gasteiger partial charge >= 0.3 is 6.18 Å². The molecule has 4 rings (SSSR count). The standard InChI is InChI=1S/C23H15Cl2F3N2O2S/c1-12-17(10-20(32-12)14-5-6-18(24)19(25)9-14)21(31)30-22-29-11-16(33-22)8-13-3-2-4-15(7-13)23(26,27)28/h2-7,9-11H,8H2,1H3,(H,29,30,31). The first-order valence-corrected chi connectivity index (χ1v) is 11.2. The monoisotopic (exact) mass is 510 g/mol. The smallest absolute Gasteiger partial charge is 0.416 e. The second-order valence-corrected chi connectivity index (χ2v) is 9.10. The zero-order chi connectivity index (χ0) is 23.8. The molecule has 0 atom stereocenters. The van der Waals surface area contributed by atoms with Crippen molar-refractivity contribution < 1.29 is 22.4 Å². The number of benzene rings is 2. The topological polar surface area (TPSA) is 55.1 Å². The van der Waals surface area contributed by atoms with Crippen LogP contribution in [-0.4, -0.2) is 10.9 Å². The quantitative estimate of drug-likeness (QED) is 0.297. The van der Waals surface area contributed by atoms with Crippen molar-refractivity contribution in [2.45, 2.75) is 19.5 Å². The molecule has 0 aliphatic heterocycles. The fourth-order valence-corrected chi connectivity index (χ4v) is 4.31. The van der Waals surface area contributed by atoms with Crippen LogP contribution >= 0.6 is 34.5 Å². The number of aryl methyl sites for hydroxylation is 1. The number of furan rings is 1. The number of rotatable bonds is 5. The molecule has 0 radical (unpaired) electrons. The van der Waals surface area contributed by atoms with Gasteiger partial charge in [0.05, 0.1) is 21.2 Å². The summed E-state index contributed by atoms with van der Waals surface area (Å²) in [5, 5.41) is 3.81. The van der Waals surface area contributed by atoms with Gasteiger partial charge in [-0.05, 0) is 42.8 Å². The van der Waals surface area contributed by atoms with Crippen LogP contribution < -0.4 is 5.32 Å². The summed E-state index contributed by atoms with van der Waals surface area (Å²) < 4.78 is 44.5. The van der Waals surface area contributed by atoms with Gasteiger partial charge in [0.2, 0.25) is 0 Å². The van der Waals surface area contributed by atoms with Crippen molar-refractivity contribution in [1.82, 2.24) is 4.98 Å². The van der Waals surface area contributed by atoms with E-state index in [0.717, 1.165) is 12.1 Å². The molecule has 0 spiro atoms. The number of alkyl halides is 3. The first kappa shape index (κ1) is 23.4. The highest BCUT2D eigenvalue weighted by Gasteiger charge is 2.30. The van der Waals surface area contributed by atoms with E-state index in [1.54, 1.807) is 37.3 Å². The SMILES string of the molecule is Cc1oc(-c2ccc(Cl)c(Cl)c2)cc1C(=O)Nc1ncc(Cc2cccc(C(F)(F)F)c2)s1. The summed E-state index contributed by atoms with van der Waals surface area (Å²) in [5.41, 5.74) is 0.796. The number of carbonyl (C=O) groups excluding carboxylic acids is 1. The van der Waals surface area contributed by atoms with Crippen molar-refractivity contribution in [3.8, 4) is 11.3 Å². The van der Waals surface area contributed by atoms with Gasteiger partial charge in [0.15, 0.2) is 5.13 Å². The zero-order valence-electron chi connectivity index (χ0n) is 17.0. The molecule has 1 N–H and O–H groups in total. The van der Waals surface area contributed by atoms with Crippen LogP contribution in [0.4, 0.5) is 18.3 Å². The predicted molar refractivity (Wildman–Crippen MR) is 123 cm³/mol. The van der Waals surface area contributed by atoms with E-state index in [0.29, 0.717) is 48.3 Å². The number of anilines is 1. The van der Waals surface area contributed by atoms with Crippen molar-refractivity contribution in [2.24, 2.45) is 0 Å². The van der Waals surface area contributed by atoms with Crippen LogP contribution in [0, 0.1) is 6.92 Å². The number of hydrogen-bond acceptors (Lipinski definition) is 4. The Morgan fingerprint density at radius 1 is 1.12 bits per heavy atom. The molecule has 2 aromatic carbocycles. The van der Waals surface area contributed by atoms with Gasteiger partial charge in [-0.1, -0.05) is 41.4 Å². The lowest BCUT2D eigenvalue weighted by Crippen LogP contribution is -2.11. The van der Waals surface area contributed by atoms with Crippen LogP contribution in [0.1, 0.15) is 32.1 Å². The molecule has 1 amide bonds. The van der Waals surface area contributed by atoms with E-state index in [1.165, 1.54) is 23.6 Å².